The lowest BCUT2D eigenvalue weighted by Gasteiger charge is -2.36. The van der Waals surface area contributed by atoms with Crippen LogP contribution in [0.2, 0.25) is 0 Å². The predicted molar refractivity (Wildman–Crippen MR) is 133 cm³/mol. The van der Waals surface area contributed by atoms with Gasteiger partial charge in [-0.25, -0.2) is 0 Å². The van der Waals surface area contributed by atoms with Crippen molar-refractivity contribution in [1.29, 1.82) is 0 Å². The molecule has 0 bridgehead atoms. The zero-order valence-corrected chi connectivity index (χ0v) is 21.2. The van der Waals surface area contributed by atoms with E-state index in [0.717, 1.165) is 18.7 Å². The molecule has 1 aliphatic heterocycles. The Morgan fingerprint density at radius 2 is 1.91 bits per heavy atom. The number of amides is 2. The SMILES string of the molecule is COCC(=O)Nc1ccc2c(c1)OC[C@H](C)N(Cc1ccncc1)C[C@H](C)[C@H](OC)CN(C)C2=O. The number of hydrogen-bond acceptors (Lipinski definition) is 7. The summed E-state index contributed by atoms with van der Waals surface area (Å²) in [6, 6.07) is 9.15. The highest BCUT2D eigenvalue weighted by atomic mass is 16.5. The standard InChI is InChI=1S/C26H36N4O5/c1-18-13-30(14-20-8-10-27-11-9-20)19(2)16-35-23-12-21(28-25(31)17-33-4)6-7-22(23)26(32)29(3)15-24(18)34-5/h6-12,18-19,24H,13-17H2,1-5H3,(H,28,31)/t18-,19-,24+/m0/s1. The van der Waals surface area contributed by atoms with Gasteiger partial charge in [-0.2, -0.15) is 0 Å². The Labute approximate surface area is 207 Å². The summed E-state index contributed by atoms with van der Waals surface area (Å²) in [5.74, 6) is 0.163. The van der Waals surface area contributed by atoms with Crippen LogP contribution < -0.4 is 10.1 Å². The maximum absolute atomic E-state index is 13.3. The minimum atomic E-state index is -0.280. The minimum Gasteiger partial charge on any atom is -0.491 e. The fourth-order valence-corrected chi connectivity index (χ4v) is 4.20. The van der Waals surface area contributed by atoms with Crippen LogP contribution in [-0.4, -0.2) is 86.3 Å². The van der Waals surface area contributed by atoms with Crippen LogP contribution in [0.5, 0.6) is 5.75 Å². The van der Waals surface area contributed by atoms with E-state index in [1.54, 1.807) is 49.7 Å². The van der Waals surface area contributed by atoms with Crippen molar-refractivity contribution in [3.8, 4) is 5.75 Å². The minimum absolute atomic E-state index is 0.0509. The Morgan fingerprint density at radius 1 is 1.17 bits per heavy atom. The maximum Gasteiger partial charge on any atom is 0.257 e. The van der Waals surface area contributed by atoms with Crippen LogP contribution in [0.4, 0.5) is 5.69 Å². The largest absolute Gasteiger partial charge is 0.491 e. The molecule has 1 aromatic heterocycles. The average Bonchev–Trinajstić information content (AvgIpc) is 2.85. The van der Waals surface area contributed by atoms with E-state index in [9.17, 15) is 9.59 Å². The van der Waals surface area contributed by atoms with Crippen molar-refractivity contribution in [2.24, 2.45) is 5.92 Å². The number of nitrogens with one attached hydrogen (secondary N) is 1. The van der Waals surface area contributed by atoms with E-state index in [0.29, 0.717) is 30.2 Å². The molecule has 0 saturated heterocycles. The number of aromatic nitrogens is 1. The summed E-state index contributed by atoms with van der Waals surface area (Å²) < 4.78 is 16.9. The third-order valence-corrected chi connectivity index (χ3v) is 6.27. The highest BCUT2D eigenvalue weighted by Gasteiger charge is 2.28. The normalized spacial score (nSPS) is 21.9. The number of nitrogens with zero attached hydrogens (tertiary/aromatic N) is 3. The van der Waals surface area contributed by atoms with Crippen LogP contribution in [-0.2, 0) is 20.8 Å². The van der Waals surface area contributed by atoms with Gasteiger partial charge in [0.05, 0.1) is 11.7 Å². The monoisotopic (exact) mass is 484 g/mol. The first kappa shape index (κ1) is 26.6. The van der Waals surface area contributed by atoms with Crippen molar-refractivity contribution >= 4 is 17.5 Å². The molecule has 2 aromatic rings. The number of benzene rings is 1. The number of carbonyl (C=O) groups excluding carboxylic acids is 2. The molecular weight excluding hydrogens is 448 g/mol. The Morgan fingerprint density at radius 3 is 2.60 bits per heavy atom. The van der Waals surface area contributed by atoms with Gasteiger partial charge in [-0.05, 0) is 42.7 Å². The molecule has 0 radical (unpaired) electrons. The molecule has 2 heterocycles. The van der Waals surface area contributed by atoms with Gasteiger partial charge in [0.25, 0.3) is 5.91 Å². The maximum atomic E-state index is 13.3. The van der Waals surface area contributed by atoms with Crippen LogP contribution in [0.15, 0.2) is 42.7 Å². The summed E-state index contributed by atoms with van der Waals surface area (Å²) in [6.45, 7) is 6.52. The summed E-state index contributed by atoms with van der Waals surface area (Å²) in [7, 11) is 4.92. The zero-order chi connectivity index (χ0) is 25.4. The number of anilines is 1. The third kappa shape index (κ3) is 7.24. The van der Waals surface area contributed by atoms with Gasteiger partial charge in [0.1, 0.15) is 19.0 Å². The summed E-state index contributed by atoms with van der Waals surface area (Å²) in [4.78, 5) is 33.5. The molecule has 0 unspecified atom stereocenters. The van der Waals surface area contributed by atoms with Crippen LogP contribution in [0, 0.1) is 5.92 Å². The first-order chi connectivity index (χ1) is 16.8. The van der Waals surface area contributed by atoms with Crippen LogP contribution in [0.3, 0.4) is 0 Å². The molecule has 3 atom stereocenters. The van der Waals surface area contributed by atoms with Gasteiger partial charge in [-0.15, -0.1) is 0 Å². The van der Waals surface area contributed by atoms with Crippen molar-refractivity contribution in [1.82, 2.24) is 14.8 Å². The quantitative estimate of drug-likeness (QED) is 0.674. The highest BCUT2D eigenvalue weighted by molar-refractivity contribution is 5.98. The number of pyridine rings is 1. The summed E-state index contributed by atoms with van der Waals surface area (Å²) in [6.07, 6.45) is 3.46. The molecule has 2 amide bonds. The number of carbonyl (C=O) groups is 2. The lowest BCUT2D eigenvalue weighted by Crippen LogP contribution is -2.46. The molecular formula is C26H36N4O5. The van der Waals surface area contributed by atoms with Gasteiger partial charge in [0.2, 0.25) is 5.91 Å². The summed E-state index contributed by atoms with van der Waals surface area (Å²) in [5.41, 5.74) is 2.14. The van der Waals surface area contributed by atoms with Crippen molar-refractivity contribution in [2.45, 2.75) is 32.5 Å². The molecule has 9 nitrogen and oxygen atoms in total. The predicted octanol–water partition coefficient (Wildman–Crippen LogP) is 2.67. The molecule has 0 spiro atoms. The van der Waals surface area contributed by atoms with Crippen LogP contribution in [0.1, 0.15) is 29.8 Å². The number of ether oxygens (including phenoxy) is 3. The second-order valence-corrected chi connectivity index (χ2v) is 9.07. The molecule has 0 saturated carbocycles. The van der Waals surface area contributed by atoms with Crippen molar-refractivity contribution in [3.05, 3.63) is 53.9 Å². The number of rotatable bonds is 6. The molecule has 3 rings (SSSR count). The number of likely N-dealkylation sites (N-methyl/N-ethyl adjacent to an activating group) is 1. The molecule has 0 aliphatic carbocycles. The van der Waals surface area contributed by atoms with E-state index in [2.05, 4.69) is 29.0 Å². The Balaban J connectivity index is 1.92. The average molecular weight is 485 g/mol. The van der Waals surface area contributed by atoms with E-state index >= 15 is 0 Å². The molecule has 1 aromatic carbocycles. The molecule has 35 heavy (non-hydrogen) atoms. The van der Waals surface area contributed by atoms with Crippen LogP contribution >= 0.6 is 0 Å². The van der Waals surface area contributed by atoms with Gasteiger partial charge in [-0.3, -0.25) is 19.5 Å². The van der Waals surface area contributed by atoms with E-state index < -0.39 is 0 Å². The summed E-state index contributed by atoms with van der Waals surface area (Å²) in [5, 5.41) is 2.77. The smallest absolute Gasteiger partial charge is 0.257 e. The lowest BCUT2D eigenvalue weighted by atomic mass is 10.0. The van der Waals surface area contributed by atoms with Gasteiger partial charge < -0.3 is 24.4 Å². The van der Waals surface area contributed by atoms with Crippen molar-refractivity contribution < 1.29 is 23.8 Å². The first-order valence-electron chi connectivity index (χ1n) is 11.8. The van der Waals surface area contributed by atoms with Crippen LogP contribution in [0.25, 0.3) is 0 Å². The van der Waals surface area contributed by atoms with Gasteiger partial charge in [0, 0.05) is 71.1 Å². The van der Waals surface area contributed by atoms with Gasteiger partial charge >= 0.3 is 0 Å². The number of methoxy groups -OCH3 is 2. The Kier molecular flexibility index (Phi) is 9.59. The highest BCUT2D eigenvalue weighted by Crippen LogP contribution is 2.27. The lowest BCUT2D eigenvalue weighted by molar-refractivity contribution is -0.119. The molecule has 0 fully saturated rings. The zero-order valence-electron chi connectivity index (χ0n) is 21.2. The van der Waals surface area contributed by atoms with E-state index in [1.165, 1.54) is 7.11 Å². The molecule has 1 aliphatic rings. The van der Waals surface area contributed by atoms with Crippen molar-refractivity contribution in [2.75, 3.05) is 52.9 Å². The summed E-state index contributed by atoms with van der Waals surface area (Å²) >= 11 is 0. The van der Waals surface area contributed by atoms with E-state index in [4.69, 9.17) is 14.2 Å². The third-order valence-electron chi connectivity index (χ3n) is 6.27. The molecule has 190 valence electrons. The van der Waals surface area contributed by atoms with Crippen molar-refractivity contribution in [3.63, 3.8) is 0 Å². The number of hydrogen-bond donors (Lipinski definition) is 1. The fraction of sp³-hybridized carbons (Fsp3) is 0.500. The second kappa shape index (κ2) is 12.6. The van der Waals surface area contributed by atoms with E-state index in [1.807, 2.05) is 12.1 Å². The second-order valence-electron chi connectivity index (χ2n) is 9.07. The fourth-order valence-electron chi connectivity index (χ4n) is 4.20. The first-order valence-corrected chi connectivity index (χ1v) is 11.8. The number of fused-ring (bicyclic) bond motifs is 1. The van der Waals surface area contributed by atoms with E-state index in [-0.39, 0.29) is 36.5 Å². The Hall–Kier alpha value is -3.01. The molecule has 1 N–H and O–H groups in total. The Bertz CT molecular complexity index is 987. The van der Waals surface area contributed by atoms with Gasteiger partial charge in [0.15, 0.2) is 0 Å². The topological polar surface area (TPSA) is 93.2 Å². The molecule has 9 heteroatoms. The van der Waals surface area contributed by atoms with Gasteiger partial charge in [-0.1, -0.05) is 6.92 Å².